The first-order valence-electron chi connectivity index (χ1n) is 9.21. The minimum atomic E-state index is -0.138. The minimum Gasteiger partial charge on any atom is -0.325 e. The molecule has 0 bridgehead atoms. The van der Waals surface area contributed by atoms with Crippen molar-refractivity contribution in [1.82, 2.24) is 4.90 Å². The number of nitrogens with zero attached hydrogens (tertiary/aromatic N) is 1. The summed E-state index contributed by atoms with van der Waals surface area (Å²) in [5.41, 5.74) is 1.42. The van der Waals surface area contributed by atoms with Crippen molar-refractivity contribution in [1.29, 1.82) is 0 Å². The Bertz CT molecular complexity index is 789. The maximum atomic E-state index is 12.6. The van der Waals surface area contributed by atoms with E-state index in [9.17, 15) is 9.59 Å². The molecule has 2 aromatic carbocycles. The van der Waals surface area contributed by atoms with E-state index in [0.717, 1.165) is 18.5 Å². The van der Waals surface area contributed by atoms with Crippen LogP contribution in [-0.4, -0.2) is 29.9 Å². The van der Waals surface area contributed by atoms with Gasteiger partial charge in [-0.15, -0.1) is 0 Å². The summed E-state index contributed by atoms with van der Waals surface area (Å²) in [4.78, 5) is 26.7. The van der Waals surface area contributed by atoms with Crippen molar-refractivity contribution in [2.45, 2.75) is 19.8 Å². The molecule has 1 aliphatic heterocycles. The summed E-state index contributed by atoms with van der Waals surface area (Å²) in [6.07, 6.45) is 1.61. The van der Waals surface area contributed by atoms with Crippen molar-refractivity contribution in [2.24, 2.45) is 11.8 Å². The van der Waals surface area contributed by atoms with E-state index in [1.165, 1.54) is 0 Å². The maximum absolute atomic E-state index is 12.6. The van der Waals surface area contributed by atoms with Gasteiger partial charge < -0.3 is 15.5 Å². The van der Waals surface area contributed by atoms with Crippen LogP contribution in [0.15, 0.2) is 54.6 Å². The minimum absolute atomic E-state index is 0.0321. The Morgan fingerprint density at radius 3 is 2.30 bits per heavy atom. The molecule has 3 amide bonds. The van der Waals surface area contributed by atoms with Crippen molar-refractivity contribution in [2.75, 3.05) is 23.7 Å². The first kappa shape index (κ1) is 19.2. The highest BCUT2D eigenvalue weighted by atomic mass is 35.5. The Hall–Kier alpha value is -2.53. The Balaban J connectivity index is 1.50. The van der Waals surface area contributed by atoms with Gasteiger partial charge in [0.05, 0.1) is 10.7 Å². The molecule has 0 aliphatic carbocycles. The molecular formula is C21H24ClN3O2. The molecule has 1 atom stereocenters. The lowest BCUT2D eigenvalue weighted by Gasteiger charge is -2.34. The smallest absolute Gasteiger partial charge is 0.321 e. The summed E-state index contributed by atoms with van der Waals surface area (Å²) in [6.45, 7) is 3.23. The summed E-state index contributed by atoms with van der Waals surface area (Å²) in [7, 11) is 0. The van der Waals surface area contributed by atoms with E-state index in [-0.39, 0.29) is 23.8 Å². The first-order valence-corrected chi connectivity index (χ1v) is 9.59. The third-order valence-corrected chi connectivity index (χ3v) is 5.43. The summed E-state index contributed by atoms with van der Waals surface area (Å²) in [6, 6.07) is 16.6. The average Bonchev–Trinajstić information content (AvgIpc) is 2.70. The normalized spacial score (nSPS) is 15.9. The lowest BCUT2D eigenvalue weighted by molar-refractivity contribution is -0.121. The zero-order valence-corrected chi connectivity index (χ0v) is 16.1. The zero-order valence-electron chi connectivity index (χ0n) is 15.3. The second kappa shape index (κ2) is 8.91. The number of carbonyl (C=O) groups is 2. The van der Waals surface area contributed by atoms with E-state index in [0.29, 0.717) is 23.8 Å². The molecule has 5 nitrogen and oxygen atoms in total. The van der Waals surface area contributed by atoms with Crippen LogP contribution in [0.2, 0.25) is 5.02 Å². The van der Waals surface area contributed by atoms with Crippen LogP contribution in [0.25, 0.3) is 0 Å². The highest BCUT2D eigenvalue weighted by molar-refractivity contribution is 6.33. The molecule has 2 N–H and O–H groups in total. The van der Waals surface area contributed by atoms with Gasteiger partial charge in [-0.05, 0) is 43.0 Å². The first-order chi connectivity index (χ1) is 13.0. The van der Waals surface area contributed by atoms with Gasteiger partial charge in [-0.2, -0.15) is 0 Å². The van der Waals surface area contributed by atoms with Crippen LogP contribution >= 0.6 is 11.6 Å². The second-order valence-corrected chi connectivity index (χ2v) is 7.29. The fourth-order valence-corrected chi connectivity index (χ4v) is 3.53. The summed E-state index contributed by atoms with van der Waals surface area (Å²) in [5, 5.41) is 6.35. The van der Waals surface area contributed by atoms with Gasteiger partial charge in [0, 0.05) is 24.7 Å². The van der Waals surface area contributed by atoms with Crippen LogP contribution < -0.4 is 10.6 Å². The van der Waals surface area contributed by atoms with Gasteiger partial charge in [0.15, 0.2) is 0 Å². The maximum Gasteiger partial charge on any atom is 0.321 e. The topological polar surface area (TPSA) is 61.4 Å². The van der Waals surface area contributed by atoms with Gasteiger partial charge >= 0.3 is 6.03 Å². The lowest BCUT2D eigenvalue weighted by atomic mass is 9.85. The SMILES string of the molecule is C[C@H](C(=O)Nc1ccccc1Cl)C1CCN(C(=O)Nc2ccccc2)CC1. The number of hydrogen-bond donors (Lipinski definition) is 2. The van der Waals surface area contributed by atoms with Gasteiger partial charge in [0.1, 0.15) is 0 Å². The molecule has 0 radical (unpaired) electrons. The monoisotopic (exact) mass is 385 g/mol. The highest BCUT2D eigenvalue weighted by Gasteiger charge is 2.30. The number of hydrogen-bond acceptors (Lipinski definition) is 2. The molecular weight excluding hydrogens is 362 g/mol. The van der Waals surface area contributed by atoms with Crippen molar-refractivity contribution < 1.29 is 9.59 Å². The number of carbonyl (C=O) groups excluding carboxylic acids is 2. The van der Waals surface area contributed by atoms with Crippen molar-refractivity contribution in [3.05, 3.63) is 59.6 Å². The predicted octanol–water partition coefficient (Wildman–Crippen LogP) is 4.86. The van der Waals surface area contributed by atoms with Crippen LogP contribution in [0.5, 0.6) is 0 Å². The van der Waals surface area contributed by atoms with Crippen LogP contribution in [0.4, 0.5) is 16.2 Å². The Morgan fingerprint density at radius 1 is 1.00 bits per heavy atom. The number of amides is 3. The van der Waals surface area contributed by atoms with Gasteiger partial charge in [-0.1, -0.05) is 48.9 Å². The van der Waals surface area contributed by atoms with Crippen molar-refractivity contribution in [3.63, 3.8) is 0 Å². The quantitative estimate of drug-likeness (QED) is 0.789. The molecule has 0 unspecified atom stereocenters. The fourth-order valence-electron chi connectivity index (χ4n) is 3.35. The molecule has 2 aromatic rings. The van der Waals surface area contributed by atoms with Crippen LogP contribution in [0, 0.1) is 11.8 Å². The number of urea groups is 1. The molecule has 3 rings (SSSR count). The zero-order chi connectivity index (χ0) is 19.2. The molecule has 6 heteroatoms. The average molecular weight is 386 g/mol. The summed E-state index contributed by atoms with van der Waals surface area (Å²) in [5.74, 6) is 0.0733. The number of halogens is 1. The summed E-state index contributed by atoms with van der Waals surface area (Å²) < 4.78 is 0. The van der Waals surface area contributed by atoms with Crippen molar-refractivity contribution >= 4 is 34.9 Å². The predicted molar refractivity (Wildman–Crippen MR) is 109 cm³/mol. The largest absolute Gasteiger partial charge is 0.325 e. The molecule has 1 heterocycles. The Kier molecular flexibility index (Phi) is 6.35. The number of nitrogens with one attached hydrogen (secondary N) is 2. The number of piperidine rings is 1. The van der Waals surface area contributed by atoms with E-state index >= 15 is 0 Å². The van der Waals surface area contributed by atoms with Crippen LogP contribution in [0.3, 0.4) is 0 Å². The number of para-hydroxylation sites is 2. The fraction of sp³-hybridized carbons (Fsp3) is 0.333. The molecule has 142 valence electrons. The van der Waals surface area contributed by atoms with Crippen molar-refractivity contribution in [3.8, 4) is 0 Å². The molecule has 1 fully saturated rings. The summed E-state index contributed by atoms with van der Waals surface area (Å²) >= 11 is 6.11. The number of rotatable bonds is 4. The van der Waals surface area contributed by atoms with E-state index in [2.05, 4.69) is 10.6 Å². The van der Waals surface area contributed by atoms with E-state index in [4.69, 9.17) is 11.6 Å². The Labute approximate surface area is 164 Å². The third kappa shape index (κ3) is 5.01. The lowest BCUT2D eigenvalue weighted by Crippen LogP contribution is -2.43. The van der Waals surface area contributed by atoms with Gasteiger partial charge in [0.25, 0.3) is 0 Å². The molecule has 0 spiro atoms. The molecule has 1 saturated heterocycles. The highest BCUT2D eigenvalue weighted by Crippen LogP contribution is 2.28. The molecule has 0 aromatic heterocycles. The standard InChI is InChI=1S/C21H24ClN3O2/c1-15(20(26)24-19-10-6-5-9-18(19)22)16-11-13-25(14-12-16)21(27)23-17-7-3-2-4-8-17/h2-10,15-16H,11-14H2,1H3,(H,23,27)(H,24,26)/t15-/m0/s1. The van der Waals surface area contributed by atoms with E-state index < -0.39 is 0 Å². The number of benzene rings is 2. The third-order valence-electron chi connectivity index (χ3n) is 5.10. The Morgan fingerprint density at radius 2 is 1.63 bits per heavy atom. The van der Waals surface area contributed by atoms with Gasteiger partial charge in [-0.25, -0.2) is 4.79 Å². The van der Waals surface area contributed by atoms with Crippen LogP contribution in [0.1, 0.15) is 19.8 Å². The molecule has 0 saturated carbocycles. The van der Waals surface area contributed by atoms with E-state index in [1.54, 1.807) is 12.1 Å². The van der Waals surface area contributed by atoms with E-state index in [1.807, 2.05) is 54.3 Å². The van der Waals surface area contributed by atoms with Gasteiger partial charge in [-0.3, -0.25) is 4.79 Å². The van der Waals surface area contributed by atoms with Crippen LogP contribution in [-0.2, 0) is 4.79 Å². The molecule has 1 aliphatic rings. The van der Waals surface area contributed by atoms with Gasteiger partial charge in [0.2, 0.25) is 5.91 Å². The number of anilines is 2. The second-order valence-electron chi connectivity index (χ2n) is 6.88. The molecule has 27 heavy (non-hydrogen) atoms. The number of likely N-dealkylation sites (tertiary alicyclic amines) is 1.